The van der Waals surface area contributed by atoms with E-state index in [0.29, 0.717) is 31.5 Å². The lowest BCUT2D eigenvalue weighted by Crippen LogP contribution is -2.58. The van der Waals surface area contributed by atoms with Gasteiger partial charge in [0.2, 0.25) is 11.8 Å². The van der Waals surface area contributed by atoms with E-state index in [1.165, 1.54) is 17.0 Å². The highest BCUT2D eigenvalue weighted by Gasteiger charge is 2.54. The topological polar surface area (TPSA) is 73.0 Å². The molecular formula is C28H32ClF3N4O3. The monoisotopic (exact) mass is 564 g/mol. The number of carbonyl (C=O) groups excluding carboxylic acids is 3. The van der Waals surface area contributed by atoms with Crippen LogP contribution in [0.4, 0.5) is 18.9 Å². The molecule has 0 unspecified atom stereocenters. The number of likely N-dealkylation sites (tertiary alicyclic amines) is 1. The molecule has 2 aliphatic heterocycles. The summed E-state index contributed by atoms with van der Waals surface area (Å²) >= 11 is 6.01. The Hall–Kier alpha value is -3.27. The smallest absolute Gasteiger partial charge is 0.350 e. The Bertz CT molecular complexity index is 1210. The number of halogens is 4. The lowest BCUT2D eigenvalue weighted by Gasteiger charge is -2.44. The Labute approximate surface area is 230 Å². The zero-order valence-electron chi connectivity index (χ0n) is 21.9. The zero-order valence-corrected chi connectivity index (χ0v) is 22.7. The number of para-hydroxylation sites is 1. The van der Waals surface area contributed by atoms with Crippen molar-refractivity contribution in [2.75, 3.05) is 37.1 Å². The Balaban J connectivity index is 1.47. The van der Waals surface area contributed by atoms with Crippen LogP contribution in [0.2, 0.25) is 0 Å². The average molecular weight is 565 g/mol. The number of hydrogen-bond donors (Lipinski definition) is 1. The van der Waals surface area contributed by atoms with Crippen LogP contribution in [0.25, 0.3) is 0 Å². The molecule has 2 aliphatic rings. The average Bonchev–Trinajstić information content (AvgIpc) is 3.18. The summed E-state index contributed by atoms with van der Waals surface area (Å²) < 4.78 is 39.0. The quantitative estimate of drug-likeness (QED) is 0.510. The Morgan fingerprint density at radius 3 is 2.31 bits per heavy atom. The number of rotatable bonds is 7. The van der Waals surface area contributed by atoms with E-state index in [9.17, 15) is 27.6 Å². The van der Waals surface area contributed by atoms with Gasteiger partial charge in [-0.1, -0.05) is 30.3 Å². The van der Waals surface area contributed by atoms with Crippen molar-refractivity contribution in [2.24, 2.45) is 5.41 Å². The summed E-state index contributed by atoms with van der Waals surface area (Å²) in [4.78, 5) is 44.8. The molecule has 39 heavy (non-hydrogen) atoms. The minimum Gasteiger partial charge on any atom is -0.350 e. The highest BCUT2D eigenvalue weighted by Crippen LogP contribution is 2.40. The van der Waals surface area contributed by atoms with Gasteiger partial charge in [-0.05, 0) is 56.5 Å². The summed E-state index contributed by atoms with van der Waals surface area (Å²) in [5.74, 6) is -0.548. The maximum atomic E-state index is 13.8. The van der Waals surface area contributed by atoms with Gasteiger partial charge in [0.05, 0.1) is 17.6 Å². The molecule has 1 spiro atoms. The lowest BCUT2D eigenvalue weighted by molar-refractivity contribution is -0.144. The van der Waals surface area contributed by atoms with E-state index >= 15 is 0 Å². The molecule has 7 nitrogen and oxygen atoms in total. The number of alkyl halides is 4. The van der Waals surface area contributed by atoms with Crippen LogP contribution in [-0.2, 0) is 27.1 Å². The van der Waals surface area contributed by atoms with Crippen LogP contribution < -0.4 is 10.2 Å². The van der Waals surface area contributed by atoms with Crippen LogP contribution in [0, 0.1) is 5.41 Å². The molecule has 0 atom stereocenters. The fraction of sp³-hybridized carbons (Fsp3) is 0.464. The normalized spacial score (nSPS) is 17.6. The van der Waals surface area contributed by atoms with E-state index in [0.717, 1.165) is 17.8 Å². The van der Waals surface area contributed by atoms with Gasteiger partial charge in [0.1, 0.15) is 12.1 Å². The Morgan fingerprint density at radius 2 is 1.69 bits per heavy atom. The fourth-order valence-corrected chi connectivity index (χ4v) is 5.29. The van der Waals surface area contributed by atoms with Crippen molar-refractivity contribution >= 4 is 35.0 Å². The highest BCUT2D eigenvalue weighted by atomic mass is 35.5. The van der Waals surface area contributed by atoms with Crippen LogP contribution in [0.15, 0.2) is 54.6 Å². The van der Waals surface area contributed by atoms with E-state index in [2.05, 4.69) is 5.32 Å². The summed E-state index contributed by atoms with van der Waals surface area (Å²) in [5, 5.41) is 2.63. The van der Waals surface area contributed by atoms with Gasteiger partial charge in [-0.3, -0.25) is 14.4 Å². The van der Waals surface area contributed by atoms with E-state index in [1.54, 1.807) is 18.7 Å². The highest BCUT2D eigenvalue weighted by molar-refractivity contribution is 6.19. The molecule has 11 heteroatoms. The van der Waals surface area contributed by atoms with E-state index in [1.807, 2.05) is 35.2 Å². The molecule has 2 fully saturated rings. The number of anilines is 1. The first-order valence-corrected chi connectivity index (χ1v) is 13.3. The Morgan fingerprint density at radius 1 is 1.03 bits per heavy atom. The van der Waals surface area contributed by atoms with Crippen LogP contribution in [0.3, 0.4) is 0 Å². The van der Waals surface area contributed by atoms with Crippen molar-refractivity contribution in [3.05, 3.63) is 65.7 Å². The third-order valence-corrected chi connectivity index (χ3v) is 8.12. The first-order chi connectivity index (χ1) is 18.4. The molecular weight excluding hydrogens is 533 g/mol. The van der Waals surface area contributed by atoms with Gasteiger partial charge in [-0.15, -0.1) is 11.6 Å². The van der Waals surface area contributed by atoms with Crippen LogP contribution in [-0.4, -0.2) is 65.2 Å². The molecule has 2 heterocycles. The molecule has 0 aromatic heterocycles. The molecule has 0 radical (unpaired) electrons. The summed E-state index contributed by atoms with van der Waals surface area (Å²) in [6.07, 6.45) is -3.68. The summed E-state index contributed by atoms with van der Waals surface area (Å²) in [5.41, 5.74) is -1.27. The molecule has 210 valence electrons. The first-order valence-electron chi connectivity index (χ1n) is 12.8. The van der Waals surface area contributed by atoms with Crippen molar-refractivity contribution in [3.8, 4) is 0 Å². The molecule has 3 amide bonds. The molecule has 2 aromatic rings. The largest absolute Gasteiger partial charge is 0.416 e. The molecule has 1 N–H and O–H groups in total. The van der Waals surface area contributed by atoms with E-state index < -0.39 is 28.6 Å². The number of carbonyl (C=O) groups is 3. The fourth-order valence-electron chi connectivity index (χ4n) is 5.17. The molecule has 2 aromatic carbocycles. The molecule has 2 saturated heterocycles. The molecule has 4 rings (SSSR count). The molecule has 0 bridgehead atoms. The van der Waals surface area contributed by atoms with Gasteiger partial charge in [0, 0.05) is 31.2 Å². The van der Waals surface area contributed by atoms with Gasteiger partial charge in [0.15, 0.2) is 0 Å². The second-order valence-electron chi connectivity index (χ2n) is 10.7. The number of amides is 3. The Kier molecular flexibility index (Phi) is 8.16. The maximum Gasteiger partial charge on any atom is 0.416 e. The number of nitrogens with one attached hydrogen (secondary N) is 1. The number of hydrogen-bond acceptors (Lipinski definition) is 4. The van der Waals surface area contributed by atoms with Crippen molar-refractivity contribution in [3.63, 3.8) is 0 Å². The van der Waals surface area contributed by atoms with Crippen LogP contribution >= 0.6 is 11.6 Å². The van der Waals surface area contributed by atoms with Gasteiger partial charge in [-0.25, -0.2) is 0 Å². The predicted molar refractivity (Wildman–Crippen MR) is 142 cm³/mol. The van der Waals surface area contributed by atoms with Gasteiger partial charge in [-0.2, -0.15) is 13.2 Å². The number of benzene rings is 2. The van der Waals surface area contributed by atoms with Gasteiger partial charge < -0.3 is 20.0 Å². The summed E-state index contributed by atoms with van der Waals surface area (Å²) in [6.45, 7) is 4.21. The lowest BCUT2D eigenvalue weighted by atomic mass is 9.84. The molecule has 0 saturated carbocycles. The van der Waals surface area contributed by atoms with Gasteiger partial charge in [0.25, 0.3) is 5.91 Å². The number of nitrogens with zero attached hydrogens (tertiary/aromatic N) is 3. The van der Waals surface area contributed by atoms with E-state index in [-0.39, 0.29) is 37.5 Å². The maximum absolute atomic E-state index is 13.8. The minimum absolute atomic E-state index is 0.0603. The predicted octanol–water partition coefficient (Wildman–Crippen LogP) is 4.25. The van der Waals surface area contributed by atoms with Crippen LogP contribution in [0.1, 0.15) is 37.8 Å². The first kappa shape index (κ1) is 28.7. The van der Waals surface area contributed by atoms with Crippen molar-refractivity contribution in [1.82, 2.24) is 15.1 Å². The zero-order chi connectivity index (χ0) is 28.4. The second kappa shape index (κ2) is 11.1. The third kappa shape index (κ3) is 6.00. The minimum atomic E-state index is -4.48. The standard InChI is InChI=1S/C28H32ClF3N4O3/c1-26(2,18-29)24(38)34-13-11-27(12-14-34)25(39)35(19-36(27)22-9-4-3-5-10-22)17-23(37)33-16-20-7-6-8-21(15-20)28(30,31)32/h3-10,15H,11-14,16-19H2,1-2H3,(H,33,37). The second-order valence-corrected chi connectivity index (χ2v) is 11.0. The SMILES string of the molecule is CC(C)(CCl)C(=O)N1CCC2(CC1)C(=O)N(CC(=O)NCc1cccc(C(F)(F)F)c1)CN2c1ccccc1. The summed E-state index contributed by atoms with van der Waals surface area (Å²) in [7, 11) is 0. The van der Waals surface area contributed by atoms with Crippen molar-refractivity contribution < 1.29 is 27.6 Å². The molecule has 0 aliphatic carbocycles. The van der Waals surface area contributed by atoms with Crippen LogP contribution in [0.5, 0.6) is 0 Å². The van der Waals surface area contributed by atoms with E-state index in [4.69, 9.17) is 11.6 Å². The van der Waals surface area contributed by atoms with Crippen molar-refractivity contribution in [1.29, 1.82) is 0 Å². The number of piperidine rings is 1. The van der Waals surface area contributed by atoms with Gasteiger partial charge >= 0.3 is 6.18 Å². The third-order valence-electron chi connectivity index (χ3n) is 7.45. The summed E-state index contributed by atoms with van der Waals surface area (Å²) in [6, 6.07) is 14.2. The van der Waals surface area contributed by atoms with Crippen molar-refractivity contribution in [2.45, 2.75) is 44.9 Å².